The van der Waals surface area contributed by atoms with Crippen LogP contribution in [-0.2, 0) is 14.3 Å². The number of amides is 2. The van der Waals surface area contributed by atoms with Crippen molar-refractivity contribution in [3.8, 4) is 11.3 Å². The van der Waals surface area contributed by atoms with Crippen LogP contribution in [0.2, 0.25) is 0 Å². The Morgan fingerprint density at radius 3 is 2.15 bits per heavy atom. The maximum Gasteiger partial charge on any atom is 0.339 e. The molecule has 2 aliphatic rings. The van der Waals surface area contributed by atoms with Crippen LogP contribution in [0, 0.1) is 11.8 Å². The molecule has 1 aliphatic heterocycles. The zero-order valence-corrected chi connectivity index (χ0v) is 20.9. The van der Waals surface area contributed by atoms with E-state index in [0.717, 1.165) is 0 Å². The zero-order valence-electron chi connectivity index (χ0n) is 20.9. The van der Waals surface area contributed by atoms with Crippen LogP contribution in [0.1, 0.15) is 33.6 Å². The molecule has 1 aliphatic carbocycles. The Morgan fingerprint density at radius 1 is 0.821 bits per heavy atom. The molecule has 6 rings (SSSR count). The lowest BCUT2D eigenvalue weighted by atomic mass is 9.85. The van der Waals surface area contributed by atoms with E-state index in [1.807, 2.05) is 30.4 Å². The van der Waals surface area contributed by atoms with Crippen molar-refractivity contribution in [2.75, 3.05) is 11.5 Å². The van der Waals surface area contributed by atoms with Gasteiger partial charge < -0.3 is 4.74 Å². The van der Waals surface area contributed by atoms with E-state index in [4.69, 9.17) is 9.72 Å². The molecule has 2 unspecified atom stereocenters. The highest BCUT2D eigenvalue weighted by Gasteiger charge is 2.47. The van der Waals surface area contributed by atoms with Crippen LogP contribution >= 0.6 is 0 Å². The summed E-state index contributed by atoms with van der Waals surface area (Å²) in [5, 5.41) is 0.611. The van der Waals surface area contributed by atoms with Gasteiger partial charge >= 0.3 is 5.97 Å². The molecular formula is C32H24N2O5. The molecule has 1 fully saturated rings. The summed E-state index contributed by atoms with van der Waals surface area (Å²) in [6, 6.07) is 24.5. The molecule has 2 heterocycles. The van der Waals surface area contributed by atoms with Gasteiger partial charge in [0.25, 0.3) is 0 Å². The number of allylic oxidation sites excluding steroid dienone is 2. The molecule has 0 N–H and O–H groups in total. The van der Waals surface area contributed by atoms with E-state index in [9.17, 15) is 19.2 Å². The van der Waals surface area contributed by atoms with Crippen molar-refractivity contribution >= 4 is 40.2 Å². The number of ether oxygens (including phenoxy) is 1. The van der Waals surface area contributed by atoms with E-state index in [0.29, 0.717) is 51.8 Å². The quantitative estimate of drug-likeness (QED) is 0.148. The van der Waals surface area contributed by atoms with Gasteiger partial charge in [-0.1, -0.05) is 72.8 Å². The summed E-state index contributed by atoms with van der Waals surface area (Å²) in [5.41, 5.74) is 3.11. The van der Waals surface area contributed by atoms with E-state index in [1.54, 1.807) is 66.7 Å². The Hall–Kier alpha value is -4.91. The highest BCUT2D eigenvalue weighted by Crippen LogP contribution is 2.38. The van der Waals surface area contributed by atoms with Crippen molar-refractivity contribution in [1.29, 1.82) is 0 Å². The molecule has 0 saturated carbocycles. The van der Waals surface area contributed by atoms with Gasteiger partial charge in [-0.2, -0.15) is 0 Å². The number of pyridine rings is 1. The molecule has 1 aromatic heterocycles. The lowest BCUT2D eigenvalue weighted by Gasteiger charge is -2.15. The summed E-state index contributed by atoms with van der Waals surface area (Å²) in [6.45, 7) is -0.376. The zero-order chi connectivity index (χ0) is 26.9. The van der Waals surface area contributed by atoms with Crippen LogP contribution in [0.25, 0.3) is 22.2 Å². The average molecular weight is 517 g/mol. The number of esters is 1. The van der Waals surface area contributed by atoms with Crippen LogP contribution < -0.4 is 4.90 Å². The third kappa shape index (κ3) is 4.52. The molecule has 3 aromatic carbocycles. The first-order valence-corrected chi connectivity index (χ1v) is 12.8. The number of hydrogen-bond acceptors (Lipinski definition) is 6. The predicted octanol–water partition coefficient (Wildman–Crippen LogP) is 5.40. The second-order valence-electron chi connectivity index (χ2n) is 9.65. The number of aromatic nitrogens is 1. The molecule has 4 aromatic rings. The Kier molecular flexibility index (Phi) is 6.32. The summed E-state index contributed by atoms with van der Waals surface area (Å²) in [4.78, 5) is 57.5. The summed E-state index contributed by atoms with van der Waals surface area (Å²) in [6.07, 6.45) is 5.09. The number of nitrogens with zero attached hydrogens (tertiary/aromatic N) is 2. The van der Waals surface area contributed by atoms with Crippen LogP contribution in [0.5, 0.6) is 0 Å². The van der Waals surface area contributed by atoms with Crippen LogP contribution in [-0.4, -0.2) is 35.2 Å². The molecule has 0 bridgehead atoms. The van der Waals surface area contributed by atoms with Gasteiger partial charge in [0.2, 0.25) is 11.8 Å². The molecule has 7 heteroatoms. The van der Waals surface area contributed by atoms with Crippen molar-refractivity contribution in [3.63, 3.8) is 0 Å². The predicted molar refractivity (Wildman–Crippen MR) is 146 cm³/mol. The first-order chi connectivity index (χ1) is 19.0. The highest BCUT2D eigenvalue weighted by molar-refractivity contribution is 6.22. The molecule has 0 radical (unpaired) electrons. The lowest BCUT2D eigenvalue weighted by Crippen LogP contribution is -2.30. The number of imide groups is 1. The van der Waals surface area contributed by atoms with Gasteiger partial charge in [-0.3, -0.25) is 19.3 Å². The Balaban J connectivity index is 1.27. The minimum atomic E-state index is -0.625. The molecule has 192 valence electrons. The molecule has 39 heavy (non-hydrogen) atoms. The van der Waals surface area contributed by atoms with Crippen LogP contribution in [0.3, 0.4) is 0 Å². The van der Waals surface area contributed by atoms with Gasteiger partial charge in [-0.15, -0.1) is 0 Å². The molecular weight excluding hydrogens is 492 g/mol. The highest BCUT2D eigenvalue weighted by atomic mass is 16.5. The number of hydrogen-bond donors (Lipinski definition) is 0. The SMILES string of the molecule is O=C(COC(=O)c1cc(-c2ccc(N3C(=O)C4CC=CCC4C3=O)cc2)nc2ccccc12)c1ccccc1. The van der Waals surface area contributed by atoms with E-state index >= 15 is 0 Å². The smallest absolute Gasteiger partial charge is 0.339 e. The number of Topliss-reactive ketones (excluding diaryl/α,β-unsaturated/α-hetero) is 1. The van der Waals surface area contributed by atoms with Crippen molar-refractivity contribution in [1.82, 2.24) is 4.98 Å². The molecule has 1 saturated heterocycles. The van der Waals surface area contributed by atoms with Gasteiger partial charge in [-0.05, 0) is 37.1 Å². The van der Waals surface area contributed by atoms with Crippen LogP contribution in [0.15, 0.2) is 97.1 Å². The van der Waals surface area contributed by atoms with E-state index in [2.05, 4.69) is 0 Å². The fraction of sp³-hybridized carbons (Fsp3) is 0.156. The Morgan fingerprint density at radius 2 is 1.46 bits per heavy atom. The second kappa shape index (κ2) is 10.1. The van der Waals surface area contributed by atoms with Gasteiger partial charge in [0.15, 0.2) is 12.4 Å². The summed E-state index contributed by atoms with van der Waals surface area (Å²) in [5.74, 6) is -1.85. The third-order valence-electron chi connectivity index (χ3n) is 7.30. The largest absolute Gasteiger partial charge is 0.454 e. The van der Waals surface area contributed by atoms with Crippen molar-refractivity contribution in [2.24, 2.45) is 11.8 Å². The molecule has 2 atom stereocenters. The number of carbonyl (C=O) groups is 4. The van der Waals surface area contributed by atoms with E-state index < -0.39 is 5.97 Å². The maximum absolute atomic E-state index is 13.1. The third-order valence-corrected chi connectivity index (χ3v) is 7.30. The lowest BCUT2D eigenvalue weighted by molar-refractivity contribution is -0.122. The Labute approximate surface area is 224 Å². The first kappa shape index (κ1) is 24.4. The number of ketones is 1. The fourth-order valence-corrected chi connectivity index (χ4v) is 5.24. The van der Waals surface area contributed by atoms with Crippen molar-refractivity contribution < 1.29 is 23.9 Å². The number of anilines is 1. The Bertz CT molecular complexity index is 1620. The normalized spacial score (nSPS) is 18.3. The fourth-order valence-electron chi connectivity index (χ4n) is 5.24. The molecule has 7 nitrogen and oxygen atoms in total. The van der Waals surface area contributed by atoms with Gasteiger partial charge in [0.05, 0.1) is 34.3 Å². The van der Waals surface area contributed by atoms with Crippen molar-refractivity contribution in [3.05, 3.63) is 108 Å². The average Bonchev–Trinajstić information content (AvgIpc) is 3.25. The number of para-hydroxylation sites is 1. The van der Waals surface area contributed by atoms with Gasteiger partial charge in [-0.25, -0.2) is 9.78 Å². The number of benzene rings is 3. The minimum Gasteiger partial charge on any atom is -0.454 e. The minimum absolute atomic E-state index is 0.166. The van der Waals surface area contributed by atoms with Crippen molar-refractivity contribution in [2.45, 2.75) is 12.8 Å². The second-order valence-corrected chi connectivity index (χ2v) is 9.65. The molecule has 2 amide bonds. The van der Waals surface area contributed by atoms with Crippen LogP contribution in [0.4, 0.5) is 5.69 Å². The standard InChI is InChI=1S/C32H24N2O5/c35-29(21-8-2-1-3-9-21)19-39-32(38)26-18-28(33-27-13-7-6-10-23(26)27)20-14-16-22(17-15-20)34-30(36)24-11-4-5-12-25(24)31(34)37/h1-10,13-18,24-25H,11-12,19H2. The van der Waals surface area contributed by atoms with Gasteiger partial charge in [0.1, 0.15) is 0 Å². The van der Waals surface area contributed by atoms with E-state index in [-0.39, 0.29) is 36.0 Å². The monoisotopic (exact) mass is 516 g/mol. The first-order valence-electron chi connectivity index (χ1n) is 12.8. The molecule has 0 spiro atoms. The number of fused-ring (bicyclic) bond motifs is 2. The number of rotatable bonds is 6. The van der Waals surface area contributed by atoms with E-state index in [1.165, 1.54) is 4.90 Å². The maximum atomic E-state index is 13.1. The summed E-state index contributed by atoms with van der Waals surface area (Å²) in [7, 11) is 0. The topological polar surface area (TPSA) is 93.6 Å². The van der Waals surface area contributed by atoms with Gasteiger partial charge in [0, 0.05) is 16.5 Å². The number of carbonyl (C=O) groups excluding carboxylic acids is 4. The summed E-state index contributed by atoms with van der Waals surface area (Å²) >= 11 is 0. The summed E-state index contributed by atoms with van der Waals surface area (Å²) < 4.78 is 5.40.